The van der Waals surface area contributed by atoms with Crippen LogP contribution in [0.5, 0.6) is 0 Å². The molecule has 0 spiro atoms. The number of hydrogen-bond acceptors (Lipinski definition) is 3. The first-order valence-corrected chi connectivity index (χ1v) is 7.10. The van der Waals surface area contributed by atoms with Crippen molar-refractivity contribution in [3.05, 3.63) is 22.7 Å². The SMILES string of the molecule is NCCCCCC(=O)Nc1cc2c(cc1Cl)NC(=O)C2. The summed E-state index contributed by atoms with van der Waals surface area (Å²) in [6.07, 6.45) is 3.46. The molecule has 5 nitrogen and oxygen atoms in total. The third kappa shape index (κ3) is 3.71. The lowest BCUT2D eigenvalue weighted by molar-refractivity contribution is -0.116. The minimum absolute atomic E-state index is 0.0543. The van der Waals surface area contributed by atoms with Crippen molar-refractivity contribution in [2.75, 3.05) is 17.2 Å². The first-order chi connectivity index (χ1) is 9.60. The van der Waals surface area contributed by atoms with Crippen LogP contribution >= 0.6 is 11.6 Å². The molecule has 0 fully saturated rings. The summed E-state index contributed by atoms with van der Waals surface area (Å²) < 4.78 is 0. The van der Waals surface area contributed by atoms with Crippen LogP contribution in [0, 0.1) is 0 Å². The Hall–Kier alpha value is -1.59. The summed E-state index contributed by atoms with van der Waals surface area (Å²) in [4.78, 5) is 23.1. The van der Waals surface area contributed by atoms with Gasteiger partial charge in [0, 0.05) is 12.1 Å². The second-order valence-corrected chi connectivity index (χ2v) is 5.27. The van der Waals surface area contributed by atoms with Crippen LogP contribution in [0.25, 0.3) is 0 Å². The Morgan fingerprint density at radius 3 is 2.90 bits per heavy atom. The number of carbonyl (C=O) groups is 2. The predicted octanol–water partition coefficient (Wildman–Crippen LogP) is 2.29. The largest absolute Gasteiger partial charge is 0.330 e. The summed E-state index contributed by atoms with van der Waals surface area (Å²) >= 11 is 6.10. The minimum Gasteiger partial charge on any atom is -0.330 e. The maximum absolute atomic E-state index is 11.8. The van der Waals surface area contributed by atoms with E-state index in [-0.39, 0.29) is 11.8 Å². The van der Waals surface area contributed by atoms with Crippen LogP contribution in [-0.4, -0.2) is 18.4 Å². The molecule has 1 aromatic carbocycles. The maximum Gasteiger partial charge on any atom is 0.228 e. The van der Waals surface area contributed by atoms with Crippen LogP contribution in [0.3, 0.4) is 0 Å². The number of rotatable bonds is 6. The zero-order chi connectivity index (χ0) is 14.5. The molecule has 0 unspecified atom stereocenters. The highest BCUT2D eigenvalue weighted by Crippen LogP contribution is 2.32. The van der Waals surface area contributed by atoms with Crippen LogP contribution in [0.15, 0.2) is 12.1 Å². The molecule has 6 heteroatoms. The van der Waals surface area contributed by atoms with Gasteiger partial charge >= 0.3 is 0 Å². The highest BCUT2D eigenvalue weighted by molar-refractivity contribution is 6.34. The fourth-order valence-corrected chi connectivity index (χ4v) is 2.37. The van der Waals surface area contributed by atoms with Crippen LogP contribution in [-0.2, 0) is 16.0 Å². The molecule has 108 valence electrons. The van der Waals surface area contributed by atoms with Gasteiger partial charge in [-0.25, -0.2) is 0 Å². The van der Waals surface area contributed by atoms with E-state index in [1.165, 1.54) is 0 Å². The molecule has 1 aliphatic rings. The molecule has 1 aromatic rings. The van der Waals surface area contributed by atoms with Gasteiger partial charge in [-0.2, -0.15) is 0 Å². The van der Waals surface area contributed by atoms with Gasteiger partial charge in [0.2, 0.25) is 11.8 Å². The number of unbranched alkanes of at least 4 members (excludes halogenated alkanes) is 2. The Kier molecular flexibility index (Phi) is 4.98. The predicted molar refractivity (Wildman–Crippen MR) is 79.9 cm³/mol. The van der Waals surface area contributed by atoms with Crippen molar-refractivity contribution in [1.82, 2.24) is 0 Å². The molecule has 0 bridgehead atoms. The molecule has 2 rings (SSSR count). The van der Waals surface area contributed by atoms with Crippen molar-refractivity contribution in [2.45, 2.75) is 32.1 Å². The second kappa shape index (κ2) is 6.72. The number of carbonyl (C=O) groups excluding carboxylic acids is 2. The average Bonchev–Trinajstić information content (AvgIpc) is 2.74. The molecule has 0 aliphatic carbocycles. The number of amides is 2. The maximum atomic E-state index is 11.8. The van der Waals surface area contributed by atoms with Gasteiger partial charge in [0.25, 0.3) is 0 Å². The topological polar surface area (TPSA) is 84.2 Å². The van der Waals surface area contributed by atoms with Crippen molar-refractivity contribution in [1.29, 1.82) is 0 Å². The van der Waals surface area contributed by atoms with Gasteiger partial charge in [0.1, 0.15) is 0 Å². The lowest BCUT2D eigenvalue weighted by atomic mass is 10.1. The summed E-state index contributed by atoms with van der Waals surface area (Å²) in [6.45, 7) is 0.652. The minimum atomic E-state index is -0.0684. The van der Waals surface area contributed by atoms with Gasteiger partial charge in [-0.15, -0.1) is 0 Å². The van der Waals surface area contributed by atoms with Gasteiger partial charge < -0.3 is 16.4 Å². The second-order valence-electron chi connectivity index (χ2n) is 4.86. The standard InChI is InChI=1S/C14H18ClN3O2/c15-10-8-11-9(7-14(20)17-11)6-12(10)18-13(19)4-2-1-3-5-16/h6,8H,1-5,7,16H2,(H,17,20)(H,18,19). The lowest BCUT2D eigenvalue weighted by Gasteiger charge is -2.09. The van der Waals surface area contributed by atoms with Crippen LogP contribution in [0.4, 0.5) is 11.4 Å². The summed E-state index contributed by atoms with van der Waals surface area (Å²) in [5, 5.41) is 5.94. The Bertz CT molecular complexity index is 531. The molecule has 4 N–H and O–H groups in total. The number of anilines is 2. The zero-order valence-electron chi connectivity index (χ0n) is 11.2. The Morgan fingerprint density at radius 1 is 1.35 bits per heavy atom. The Morgan fingerprint density at radius 2 is 2.15 bits per heavy atom. The number of nitrogens with two attached hydrogens (primary N) is 1. The first-order valence-electron chi connectivity index (χ1n) is 6.72. The zero-order valence-corrected chi connectivity index (χ0v) is 11.9. The van der Waals surface area contributed by atoms with Gasteiger partial charge in [-0.1, -0.05) is 18.0 Å². The van der Waals surface area contributed by atoms with E-state index in [9.17, 15) is 9.59 Å². The van der Waals surface area contributed by atoms with Crippen molar-refractivity contribution in [2.24, 2.45) is 5.73 Å². The normalized spacial score (nSPS) is 13.0. The smallest absolute Gasteiger partial charge is 0.228 e. The van der Waals surface area contributed by atoms with E-state index in [4.69, 9.17) is 17.3 Å². The van der Waals surface area contributed by atoms with E-state index in [2.05, 4.69) is 10.6 Å². The van der Waals surface area contributed by atoms with E-state index >= 15 is 0 Å². The van der Waals surface area contributed by atoms with Crippen LogP contribution < -0.4 is 16.4 Å². The molecule has 0 saturated heterocycles. The molecule has 0 aromatic heterocycles. The molecule has 1 aliphatic heterocycles. The average molecular weight is 296 g/mol. The van der Waals surface area contributed by atoms with E-state index in [0.717, 1.165) is 30.5 Å². The lowest BCUT2D eigenvalue weighted by Crippen LogP contribution is -2.12. The molecule has 0 radical (unpaired) electrons. The van der Waals surface area contributed by atoms with Crippen molar-refractivity contribution in [3.63, 3.8) is 0 Å². The third-order valence-corrected chi connectivity index (χ3v) is 3.51. The van der Waals surface area contributed by atoms with Gasteiger partial charge in [-0.3, -0.25) is 9.59 Å². The van der Waals surface area contributed by atoms with E-state index in [1.54, 1.807) is 12.1 Å². The van der Waals surface area contributed by atoms with Gasteiger partial charge in [-0.05, 0) is 37.1 Å². The number of halogens is 1. The summed E-state index contributed by atoms with van der Waals surface area (Å²) in [7, 11) is 0. The van der Waals surface area contributed by atoms with Crippen molar-refractivity contribution < 1.29 is 9.59 Å². The van der Waals surface area contributed by atoms with Crippen molar-refractivity contribution in [3.8, 4) is 0 Å². The molecule has 0 atom stereocenters. The third-order valence-electron chi connectivity index (χ3n) is 3.20. The van der Waals surface area contributed by atoms with E-state index in [1.807, 2.05) is 0 Å². The van der Waals surface area contributed by atoms with Gasteiger partial charge in [0.05, 0.1) is 17.1 Å². The first kappa shape index (κ1) is 14.8. The summed E-state index contributed by atoms with van der Waals surface area (Å²) in [5.41, 5.74) is 7.54. The van der Waals surface area contributed by atoms with E-state index < -0.39 is 0 Å². The van der Waals surface area contributed by atoms with Crippen LogP contribution in [0.1, 0.15) is 31.2 Å². The van der Waals surface area contributed by atoms with Crippen LogP contribution in [0.2, 0.25) is 5.02 Å². The summed E-state index contributed by atoms with van der Waals surface area (Å²) in [6, 6.07) is 3.43. The Balaban J connectivity index is 1.94. The molecular weight excluding hydrogens is 278 g/mol. The number of fused-ring (bicyclic) bond motifs is 1. The molecule has 1 heterocycles. The molecule has 0 saturated carbocycles. The van der Waals surface area contributed by atoms with Crippen molar-refractivity contribution >= 4 is 34.8 Å². The quantitative estimate of drug-likeness (QED) is 0.704. The fraction of sp³-hybridized carbons (Fsp3) is 0.429. The number of hydrogen-bond donors (Lipinski definition) is 3. The number of nitrogens with one attached hydrogen (secondary N) is 2. The number of benzene rings is 1. The highest BCUT2D eigenvalue weighted by atomic mass is 35.5. The van der Waals surface area contributed by atoms with E-state index in [0.29, 0.717) is 30.1 Å². The Labute approximate surface area is 122 Å². The molecule has 20 heavy (non-hydrogen) atoms. The monoisotopic (exact) mass is 295 g/mol. The molecular formula is C14H18ClN3O2. The fourth-order valence-electron chi connectivity index (χ4n) is 2.16. The summed E-state index contributed by atoms with van der Waals surface area (Å²) in [5.74, 6) is -0.123. The van der Waals surface area contributed by atoms with Gasteiger partial charge in [0.15, 0.2) is 0 Å². The highest BCUT2D eigenvalue weighted by Gasteiger charge is 2.20. The molecule has 2 amide bonds.